The van der Waals surface area contributed by atoms with E-state index in [4.69, 9.17) is 4.74 Å². The van der Waals surface area contributed by atoms with Crippen molar-refractivity contribution in [2.45, 2.75) is 47.1 Å². The Hall–Kier alpha value is -1.84. The monoisotopic (exact) mass is 262 g/mol. The fourth-order valence-corrected chi connectivity index (χ4v) is 1.62. The van der Waals surface area contributed by atoms with Gasteiger partial charge in [0.25, 0.3) is 0 Å². The zero-order chi connectivity index (χ0) is 14.6. The van der Waals surface area contributed by atoms with E-state index < -0.39 is 11.7 Å². The van der Waals surface area contributed by atoms with E-state index in [9.17, 15) is 4.79 Å². The van der Waals surface area contributed by atoms with Gasteiger partial charge in [-0.1, -0.05) is 17.7 Å². The molecule has 104 valence electrons. The number of carbonyl (C=O) groups excluding carboxylic acids is 1. The minimum absolute atomic E-state index is 0.521. The van der Waals surface area contributed by atoms with E-state index in [1.54, 1.807) is 0 Å². The molecule has 0 atom stereocenters. The largest absolute Gasteiger partial charge is 0.443 e. The van der Waals surface area contributed by atoms with Gasteiger partial charge >= 0.3 is 6.09 Å². The third kappa shape index (κ3) is 5.12. The highest BCUT2D eigenvalue weighted by Crippen LogP contribution is 2.12. The summed E-state index contributed by atoms with van der Waals surface area (Å²) in [7, 11) is 0. The minimum atomic E-state index is -0.544. The second-order valence-electron chi connectivity index (χ2n) is 5.63. The molecule has 0 saturated heterocycles. The summed E-state index contributed by atoms with van der Waals surface area (Å²) in [5.41, 5.74) is 5.95. The number of carbonyl (C=O) groups is 1. The number of rotatable bonds is 2. The van der Waals surface area contributed by atoms with Crippen LogP contribution in [0.1, 0.15) is 44.4 Å². The smallest absolute Gasteiger partial charge is 0.428 e. The summed E-state index contributed by atoms with van der Waals surface area (Å²) in [5, 5.41) is 4.07. The Morgan fingerprint density at radius 3 is 2.47 bits per heavy atom. The lowest BCUT2D eigenvalue weighted by Gasteiger charge is -2.18. The standard InChI is InChI=1S/C15H22N2O2/c1-10-7-8-11(2)13(9-10)12(3)16-17-14(18)19-15(4,5)6/h7-9H,1-6H3,(H,17,18)/b16-12+. The molecule has 0 radical (unpaired) electrons. The van der Waals surface area contributed by atoms with Crippen molar-refractivity contribution in [3.8, 4) is 0 Å². The lowest BCUT2D eigenvalue weighted by molar-refractivity contribution is 0.0529. The Morgan fingerprint density at radius 1 is 1.26 bits per heavy atom. The van der Waals surface area contributed by atoms with E-state index in [0.717, 1.165) is 22.4 Å². The highest BCUT2D eigenvalue weighted by atomic mass is 16.6. The molecule has 1 N–H and O–H groups in total. The molecule has 1 aromatic carbocycles. The lowest BCUT2D eigenvalue weighted by atomic mass is 10.0. The highest BCUT2D eigenvalue weighted by Gasteiger charge is 2.15. The summed E-state index contributed by atoms with van der Waals surface area (Å²) in [6.07, 6.45) is -0.544. The maximum atomic E-state index is 11.5. The topological polar surface area (TPSA) is 50.7 Å². The van der Waals surface area contributed by atoms with E-state index in [1.165, 1.54) is 0 Å². The van der Waals surface area contributed by atoms with E-state index >= 15 is 0 Å². The number of aryl methyl sites for hydroxylation is 2. The Kier molecular flexibility index (Phi) is 4.70. The Morgan fingerprint density at radius 2 is 1.89 bits per heavy atom. The molecule has 0 aliphatic carbocycles. The van der Waals surface area contributed by atoms with Crippen molar-refractivity contribution in [1.29, 1.82) is 0 Å². The van der Waals surface area contributed by atoms with Gasteiger partial charge in [-0.05, 0) is 53.2 Å². The molecular formula is C15H22N2O2. The van der Waals surface area contributed by atoms with Crippen molar-refractivity contribution in [2.75, 3.05) is 0 Å². The van der Waals surface area contributed by atoms with Crippen LogP contribution in [0.5, 0.6) is 0 Å². The average molecular weight is 262 g/mol. The van der Waals surface area contributed by atoms with Crippen LogP contribution in [0.2, 0.25) is 0 Å². The first kappa shape index (κ1) is 15.2. The van der Waals surface area contributed by atoms with Gasteiger partial charge < -0.3 is 4.74 Å². The van der Waals surface area contributed by atoms with Crippen molar-refractivity contribution in [3.05, 3.63) is 34.9 Å². The maximum Gasteiger partial charge on any atom is 0.428 e. The zero-order valence-electron chi connectivity index (χ0n) is 12.5. The van der Waals surface area contributed by atoms with Gasteiger partial charge in [-0.2, -0.15) is 5.10 Å². The molecule has 0 fully saturated rings. The van der Waals surface area contributed by atoms with Crippen molar-refractivity contribution in [2.24, 2.45) is 5.10 Å². The second kappa shape index (κ2) is 5.87. The van der Waals surface area contributed by atoms with Crippen LogP contribution in [-0.4, -0.2) is 17.4 Å². The predicted molar refractivity (Wildman–Crippen MR) is 77.5 cm³/mol. The first-order valence-electron chi connectivity index (χ1n) is 6.30. The number of nitrogens with zero attached hydrogens (tertiary/aromatic N) is 1. The fourth-order valence-electron chi connectivity index (χ4n) is 1.62. The van der Waals surface area contributed by atoms with Crippen molar-refractivity contribution < 1.29 is 9.53 Å². The van der Waals surface area contributed by atoms with Gasteiger partial charge in [0, 0.05) is 5.56 Å². The molecule has 0 aliphatic rings. The summed E-state index contributed by atoms with van der Waals surface area (Å²) in [6, 6.07) is 6.13. The third-order valence-corrected chi connectivity index (χ3v) is 2.50. The van der Waals surface area contributed by atoms with Crippen LogP contribution >= 0.6 is 0 Å². The molecule has 0 aliphatic heterocycles. The Balaban J connectivity index is 2.77. The number of benzene rings is 1. The number of ether oxygens (including phenoxy) is 1. The zero-order valence-corrected chi connectivity index (χ0v) is 12.5. The summed E-state index contributed by atoms with van der Waals surface area (Å²) >= 11 is 0. The second-order valence-corrected chi connectivity index (χ2v) is 5.63. The van der Waals surface area contributed by atoms with Crippen molar-refractivity contribution in [3.63, 3.8) is 0 Å². The molecule has 1 rings (SSSR count). The molecule has 0 unspecified atom stereocenters. The first-order valence-corrected chi connectivity index (χ1v) is 6.30. The van der Waals surface area contributed by atoms with Crippen molar-refractivity contribution >= 4 is 11.8 Å². The lowest BCUT2D eigenvalue weighted by Crippen LogP contribution is -2.30. The maximum absolute atomic E-state index is 11.5. The van der Waals surface area contributed by atoms with Gasteiger partial charge in [0.2, 0.25) is 0 Å². The van der Waals surface area contributed by atoms with Crippen LogP contribution in [0, 0.1) is 13.8 Å². The molecule has 4 heteroatoms. The normalized spacial score (nSPS) is 12.2. The van der Waals surface area contributed by atoms with Crippen LogP contribution in [0.3, 0.4) is 0 Å². The van der Waals surface area contributed by atoms with Crippen LogP contribution in [-0.2, 0) is 4.74 Å². The summed E-state index contributed by atoms with van der Waals surface area (Å²) < 4.78 is 5.12. The number of hydrogen-bond acceptors (Lipinski definition) is 3. The van der Waals surface area contributed by atoms with Gasteiger partial charge in [0.05, 0.1) is 5.71 Å². The number of hydrogen-bond donors (Lipinski definition) is 1. The molecule has 1 amide bonds. The number of hydrazone groups is 1. The SMILES string of the molecule is C/C(=N\NC(=O)OC(C)(C)C)c1cc(C)ccc1C. The van der Waals surface area contributed by atoms with Gasteiger partial charge in [0.15, 0.2) is 0 Å². The molecule has 0 heterocycles. The van der Waals surface area contributed by atoms with Crippen LogP contribution in [0.4, 0.5) is 4.79 Å². The third-order valence-electron chi connectivity index (χ3n) is 2.50. The average Bonchev–Trinajstić information content (AvgIpc) is 2.27. The molecule has 0 bridgehead atoms. The number of amides is 1. The van der Waals surface area contributed by atoms with Gasteiger partial charge in [-0.15, -0.1) is 0 Å². The van der Waals surface area contributed by atoms with E-state index in [2.05, 4.69) is 10.5 Å². The molecule has 0 saturated carbocycles. The number of nitrogens with one attached hydrogen (secondary N) is 1. The molecule has 1 aromatic rings. The quantitative estimate of drug-likeness (QED) is 0.654. The minimum Gasteiger partial charge on any atom is -0.443 e. The molecule has 0 aromatic heterocycles. The molecule has 19 heavy (non-hydrogen) atoms. The van der Waals surface area contributed by atoms with E-state index in [1.807, 2.05) is 59.7 Å². The summed E-state index contributed by atoms with van der Waals surface area (Å²) in [6.45, 7) is 11.3. The molecule has 4 nitrogen and oxygen atoms in total. The van der Waals surface area contributed by atoms with Crippen LogP contribution < -0.4 is 5.43 Å². The summed E-state index contributed by atoms with van der Waals surface area (Å²) in [5.74, 6) is 0. The Bertz CT molecular complexity index is 499. The molecular weight excluding hydrogens is 240 g/mol. The van der Waals surface area contributed by atoms with Crippen molar-refractivity contribution in [1.82, 2.24) is 5.43 Å². The van der Waals surface area contributed by atoms with Gasteiger partial charge in [0.1, 0.15) is 5.60 Å². The van der Waals surface area contributed by atoms with Crippen LogP contribution in [0.25, 0.3) is 0 Å². The van der Waals surface area contributed by atoms with Crippen LogP contribution in [0.15, 0.2) is 23.3 Å². The predicted octanol–water partition coefficient (Wildman–Crippen LogP) is 3.55. The fraction of sp³-hybridized carbons (Fsp3) is 0.467. The summed E-state index contributed by atoms with van der Waals surface area (Å²) in [4.78, 5) is 11.5. The van der Waals surface area contributed by atoms with Gasteiger partial charge in [-0.25, -0.2) is 10.2 Å². The van der Waals surface area contributed by atoms with E-state index in [-0.39, 0.29) is 0 Å². The van der Waals surface area contributed by atoms with E-state index in [0.29, 0.717) is 0 Å². The first-order chi connectivity index (χ1) is 8.69. The van der Waals surface area contributed by atoms with Gasteiger partial charge in [-0.3, -0.25) is 0 Å². The molecule has 0 spiro atoms. The Labute approximate surface area is 114 Å². The highest BCUT2D eigenvalue weighted by molar-refractivity contribution is 6.00.